The van der Waals surface area contributed by atoms with Crippen molar-refractivity contribution in [2.24, 2.45) is 0 Å². The van der Waals surface area contributed by atoms with Gasteiger partial charge in [0.15, 0.2) is 10.6 Å². The topological polar surface area (TPSA) is 36.9 Å². The quantitative estimate of drug-likeness (QED) is 0.651. The number of H-pyrrole nitrogens is 1. The zero-order valence-electron chi connectivity index (χ0n) is 11.5. The van der Waals surface area contributed by atoms with Crippen LogP contribution in [0, 0.1) is 4.77 Å². The molecule has 0 aliphatic heterocycles. The van der Waals surface area contributed by atoms with Crippen LogP contribution < -0.4 is 0 Å². The highest BCUT2D eigenvalue weighted by molar-refractivity contribution is 7.71. The highest BCUT2D eigenvalue weighted by Gasteiger charge is 2.07. The minimum absolute atomic E-state index is 0.698. The van der Waals surface area contributed by atoms with Gasteiger partial charge in [0, 0.05) is 12.1 Å². The van der Waals surface area contributed by atoms with E-state index < -0.39 is 0 Å². The minimum atomic E-state index is 0.698. The van der Waals surface area contributed by atoms with Crippen molar-refractivity contribution in [3.63, 3.8) is 0 Å². The smallest absolute Gasteiger partial charge is 0.195 e. The van der Waals surface area contributed by atoms with E-state index in [2.05, 4.69) is 45.9 Å². The van der Waals surface area contributed by atoms with Gasteiger partial charge in [-0.3, -0.25) is 5.10 Å². The predicted molar refractivity (Wildman–Crippen MR) is 80.6 cm³/mol. The van der Waals surface area contributed by atoms with E-state index in [0.29, 0.717) is 4.77 Å². The van der Waals surface area contributed by atoms with Crippen LogP contribution in [0.4, 0.5) is 0 Å². The average molecular weight is 276 g/mol. The van der Waals surface area contributed by atoms with Crippen LogP contribution in [0.3, 0.4) is 0 Å². The van der Waals surface area contributed by atoms with Gasteiger partial charge in [-0.05, 0) is 45.7 Å². The molecule has 0 bridgehead atoms. The molecule has 0 aliphatic carbocycles. The van der Waals surface area contributed by atoms with Gasteiger partial charge in [-0.2, -0.15) is 5.10 Å². The van der Waals surface area contributed by atoms with Crippen molar-refractivity contribution < 1.29 is 0 Å². The maximum absolute atomic E-state index is 5.31. The van der Waals surface area contributed by atoms with Crippen molar-refractivity contribution in [1.29, 1.82) is 0 Å². The highest BCUT2D eigenvalue weighted by atomic mass is 32.1. The second-order valence-electron chi connectivity index (χ2n) is 4.88. The van der Waals surface area contributed by atoms with Crippen LogP contribution >= 0.6 is 12.2 Å². The highest BCUT2D eigenvalue weighted by Crippen LogP contribution is 2.17. The van der Waals surface area contributed by atoms with Crippen LogP contribution in [0.2, 0.25) is 0 Å². The molecule has 0 atom stereocenters. The van der Waals surface area contributed by atoms with Crippen LogP contribution in [-0.2, 0) is 6.54 Å². The van der Waals surface area contributed by atoms with Crippen molar-refractivity contribution in [2.75, 3.05) is 20.6 Å². The Morgan fingerprint density at radius 2 is 1.95 bits per heavy atom. The molecule has 0 aliphatic rings. The molecular formula is C14H20N4S. The first-order valence-corrected chi connectivity index (χ1v) is 6.94. The molecule has 1 N–H and O–H groups in total. The van der Waals surface area contributed by atoms with Crippen LogP contribution in [0.1, 0.15) is 12.8 Å². The van der Waals surface area contributed by atoms with E-state index in [1.807, 2.05) is 18.2 Å². The molecule has 1 aromatic carbocycles. The normalized spacial score (nSPS) is 11.1. The lowest BCUT2D eigenvalue weighted by Gasteiger charge is -2.10. The fourth-order valence-corrected chi connectivity index (χ4v) is 2.25. The summed E-state index contributed by atoms with van der Waals surface area (Å²) in [6.45, 7) is 2.01. The standard InChI is InChI=1S/C14H20N4S/c1-17(2)10-6-7-11-18-13(15-16-14(18)19)12-8-4-3-5-9-12/h3-5,8-9H,6-7,10-11H2,1-2H3,(H,16,19). The summed E-state index contributed by atoms with van der Waals surface area (Å²) in [5, 5.41) is 7.23. The number of nitrogens with one attached hydrogen (secondary N) is 1. The zero-order chi connectivity index (χ0) is 13.7. The third-order valence-electron chi connectivity index (χ3n) is 3.03. The molecule has 1 heterocycles. The van der Waals surface area contributed by atoms with Crippen LogP contribution in [-0.4, -0.2) is 40.3 Å². The van der Waals surface area contributed by atoms with E-state index in [-0.39, 0.29) is 0 Å². The number of hydrogen-bond donors (Lipinski definition) is 1. The Kier molecular flexibility index (Phi) is 4.87. The Morgan fingerprint density at radius 1 is 1.21 bits per heavy atom. The van der Waals surface area contributed by atoms with Gasteiger partial charge in [0.2, 0.25) is 0 Å². The summed E-state index contributed by atoms with van der Waals surface area (Å²) >= 11 is 5.31. The fourth-order valence-electron chi connectivity index (χ4n) is 2.03. The van der Waals surface area contributed by atoms with Crippen molar-refractivity contribution in [2.45, 2.75) is 19.4 Å². The Hall–Kier alpha value is -1.46. The number of unbranched alkanes of at least 4 members (excludes halogenated alkanes) is 1. The molecule has 102 valence electrons. The third kappa shape index (κ3) is 3.75. The molecule has 0 spiro atoms. The summed E-state index contributed by atoms with van der Waals surface area (Å²) in [7, 11) is 4.19. The minimum Gasteiger partial charge on any atom is -0.309 e. The largest absolute Gasteiger partial charge is 0.309 e. The van der Waals surface area contributed by atoms with Gasteiger partial charge in [-0.15, -0.1) is 0 Å². The zero-order valence-corrected chi connectivity index (χ0v) is 12.3. The number of aromatic nitrogens is 3. The maximum atomic E-state index is 5.31. The summed E-state index contributed by atoms with van der Waals surface area (Å²) in [4.78, 5) is 2.20. The molecule has 0 amide bonds. The van der Waals surface area contributed by atoms with E-state index in [1.165, 1.54) is 0 Å². The summed E-state index contributed by atoms with van der Waals surface area (Å²) in [5.74, 6) is 0.926. The van der Waals surface area contributed by atoms with Crippen LogP contribution in [0.25, 0.3) is 11.4 Å². The van der Waals surface area contributed by atoms with Gasteiger partial charge >= 0.3 is 0 Å². The molecule has 19 heavy (non-hydrogen) atoms. The van der Waals surface area contributed by atoms with Gasteiger partial charge < -0.3 is 9.47 Å². The average Bonchev–Trinajstić information content (AvgIpc) is 2.77. The molecule has 1 aromatic heterocycles. The molecule has 0 unspecified atom stereocenters. The number of benzene rings is 1. The number of rotatable bonds is 6. The summed E-state index contributed by atoms with van der Waals surface area (Å²) in [6, 6.07) is 10.2. The van der Waals surface area contributed by atoms with E-state index >= 15 is 0 Å². The van der Waals surface area contributed by atoms with Gasteiger partial charge in [0.1, 0.15) is 0 Å². The first-order valence-electron chi connectivity index (χ1n) is 6.54. The predicted octanol–water partition coefficient (Wildman–Crippen LogP) is 2.95. The van der Waals surface area contributed by atoms with E-state index in [1.54, 1.807) is 0 Å². The molecular weight excluding hydrogens is 256 g/mol. The molecule has 2 aromatic rings. The van der Waals surface area contributed by atoms with E-state index in [4.69, 9.17) is 12.2 Å². The van der Waals surface area contributed by atoms with Crippen molar-refractivity contribution in [1.82, 2.24) is 19.7 Å². The Bertz CT molecular complexity index is 556. The number of aromatic amines is 1. The van der Waals surface area contributed by atoms with Gasteiger partial charge in [-0.1, -0.05) is 30.3 Å². The maximum Gasteiger partial charge on any atom is 0.195 e. The third-order valence-corrected chi connectivity index (χ3v) is 3.34. The molecule has 0 saturated heterocycles. The molecule has 2 rings (SSSR count). The molecule has 0 saturated carbocycles. The van der Waals surface area contributed by atoms with Crippen LogP contribution in [0.5, 0.6) is 0 Å². The van der Waals surface area contributed by atoms with Crippen molar-refractivity contribution >= 4 is 12.2 Å². The Morgan fingerprint density at radius 3 is 2.63 bits per heavy atom. The number of nitrogens with zero attached hydrogens (tertiary/aromatic N) is 3. The lowest BCUT2D eigenvalue weighted by atomic mass is 10.2. The SMILES string of the molecule is CN(C)CCCCn1c(-c2ccccc2)n[nH]c1=S. The Labute approximate surface area is 119 Å². The van der Waals surface area contributed by atoms with Gasteiger partial charge in [0.25, 0.3) is 0 Å². The van der Waals surface area contributed by atoms with E-state index in [9.17, 15) is 0 Å². The monoisotopic (exact) mass is 276 g/mol. The second kappa shape index (κ2) is 6.63. The van der Waals surface area contributed by atoms with Crippen molar-refractivity contribution in [3.05, 3.63) is 35.1 Å². The summed E-state index contributed by atoms with van der Waals surface area (Å²) in [5.41, 5.74) is 1.10. The first-order chi connectivity index (χ1) is 9.18. The van der Waals surface area contributed by atoms with Gasteiger partial charge in [-0.25, -0.2) is 0 Å². The fraction of sp³-hybridized carbons (Fsp3) is 0.429. The lowest BCUT2D eigenvalue weighted by molar-refractivity contribution is 0.387. The summed E-state index contributed by atoms with van der Waals surface area (Å²) < 4.78 is 2.78. The molecule has 4 nitrogen and oxygen atoms in total. The van der Waals surface area contributed by atoms with E-state index in [0.717, 1.165) is 37.3 Å². The van der Waals surface area contributed by atoms with Gasteiger partial charge in [0.05, 0.1) is 0 Å². The Balaban J connectivity index is 2.08. The second-order valence-corrected chi connectivity index (χ2v) is 5.27. The van der Waals surface area contributed by atoms with Crippen LogP contribution in [0.15, 0.2) is 30.3 Å². The van der Waals surface area contributed by atoms with Crippen molar-refractivity contribution in [3.8, 4) is 11.4 Å². The first kappa shape index (κ1) is 14.0. The lowest BCUT2D eigenvalue weighted by Crippen LogP contribution is -2.13. The molecule has 0 radical (unpaired) electrons. The number of hydrogen-bond acceptors (Lipinski definition) is 3. The molecule has 5 heteroatoms. The molecule has 0 fully saturated rings. The summed E-state index contributed by atoms with van der Waals surface area (Å²) in [6.07, 6.45) is 2.26.